The van der Waals surface area contributed by atoms with Crippen LogP contribution in [0.4, 0.5) is 5.69 Å². The number of nitro benzene ring substituents is 1. The Bertz CT molecular complexity index is 526. The highest BCUT2D eigenvalue weighted by atomic mass is 16.6. The molecule has 0 spiro atoms. The number of non-ortho nitro benzene ring substituents is 1. The highest BCUT2D eigenvalue weighted by molar-refractivity contribution is 5.97. The predicted molar refractivity (Wildman–Crippen MR) is 73.0 cm³/mol. The number of nitro groups is 1. The fourth-order valence-electron chi connectivity index (χ4n) is 2.30. The number of carbonyl (C=O) groups is 1. The molecule has 1 heterocycles. The van der Waals surface area contributed by atoms with Gasteiger partial charge >= 0.3 is 0 Å². The van der Waals surface area contributed by atoms with Gasteiger partial charge in [-0.15, -0.1) is 0 Å². The molecular weight excluding hydrogens is 262 g/mol. The number of hydrogen-bond acceptors (Lipinski definition) is 5. The van der Waals surface area contributed by atoms with E-state index >= 15 is 0 Å². The van der Waals surface area contributed by atoms with Gasteiger partial charge in [0.05, 0.1) is 17.6 Å². The van der Waals surface area contributed by atoms with Crippen molar-refractivity contribution < 1.29 is 14.5 Å². The summed E-state index contributed by atoms with van der Waals surface area (Å²) >= 11 is 0. The van der Waals surface area contributed by atoms with Crippen LogP contribution in [0.3, 0.4) is 0 Å². The van der Waals surface area contributed by atoms with Crippen molar-refractivity contribution in [3.05, 3.63) is 33.9 Å². The van der Waals surface area contributed by atoms with Gasteiger partial charge in [-0.1, -0.05) is 0 Å². The van der Waals surface area contributed by atoms with E-state index in [1.807, 2.05) is 0 Å². The highest BCUT2D eigenvalue weighted by Gasteiger charge is 2.27. The van der Waals surface area contributed by atoms with Crippen molar-refractivity contribution in [2.45, 2.75) is 12.5 Å². The SMILES string of the molecule is COc1ccc([N+](=O)[O-])cc1C(=O)N(C)C1CCNC1. The Hall–Kier alpha value is -2.15. The molecule has 0 radical (unpaired) electrons. The highest BCUT2D eigenvalue weighted by Crippen LogP contribution is 2.26. The molecular formula is C13H17N3O4. The zero-order chi connectivity index (χ0) is 14.7. The minimum absolute atomic E-state index is 0.103. The lowest BCUT2D eigenvalue weighted by atomic mass is 10.1. The average molecular weight is 279 g/mol. The number of amides is 1. The average Bonchev–Trinajstić information content (AvgIpc) is 2.99. The number of ether oxygens (including phenoxy) is 1. The van der Waals surface area contributed by atoms with E-state index in [0.29, 0.717) is 5.75 Å². The third-order valence-corrected chi connectivity index (χ3v) is 3.53. The predicted octanol–water partition coefficient (Wildman–Crippen LogP) is 1.04. The molecule has 2 rings (SSSR count). The van der Waals surface area contributed by atoms with Gasteiger partial charge < -0.3 is 15.0 Å². The molecule has 1 saturated heterocycles. The van der Waals surface area contributed by atoms with Crippen molar-refractivity contribution in [2.24, 2.45) is 0 Å². The van der Waals surface area contributed by atoms with Crippen molar-refractivity contribution in [2.75, 3.05) is 27.2 Å². The van der Waals surface area contributed by atoms with E-state index in [1.54, 1.807) is 11.9 Å². The van der Waals surface area contributed by atoms with Crippen molar-refractivity contribution in [3.8, 4) is 5.75 Å². The second-order valence-corrected chi connectivity index (χ2v) is 4.70. The van der Waals surface area contributed by atoms with Crippen molar-refractivity contribution >= 4 is 11.6 Å². The van der Waals surface area contributed by atoms with Crippen LogP contribution >= 0.6 is 0 Å². The second-order valence-electron chi connectivity index (χ2n) is 4.70. The summed E-state index contributed by atoms with van der Waals surface area (Å²) in [4.78, 5) is 24.4. The van der Waals surface area contributed by atoms with Gasteiger partial charge in [0, 0.05) is 31.8 Å². The second kappa shape index (κ2) is 5.87. The van der Waals surface area contributed by atoms with Crippen LogP contribution in [0, 0.1) is 10.1 Å². The largest absolute Gasteiger partial charge is 0.496 e. The molecule has 20 heavy (non-hydrogen) atoms. The van der Waals surface area contributed by atoms with Crippen molar-refractivity contribution in [1.82, 2.24) is 10.2 Å². The standard InChI is InChI=1S/C13H17N3O4/c1-15(10-5-6-14-8-10)13(17)11-7-9(16(18)19)3-4-12(11)20-2/h3-4,7,10,14H,5-6,8H2,1-2H3. The molecule has 1 fully saturated rings. The van der Waals surface area contributed by atoms with Crippen LogP contribution in [-0.4, -0.2) is 49.0 Å². The Morgan fingerprint density at radius 1 is 1.55 bits per heavy atom. The maximum absolute atomic E-state index is 12.5. The fraction of sp³-hybridized carbons (Fsp3) is 0.462. The Morgan fingerprint density at radius 2 is 2.30 bits per heavy atom. The Labute approximate surface area is 116 Å². The van der Waals surface area contributed by atoms with Gasteiger partial charge in [0.25, 0.3) is 11.6 Å². The van der Waals surface area contributed by atoms with Crippen LogP contribution in [-0.2, 0) is 0 Å². The quantitative estimate of drug-likeness (QED) is 0.657. The van der Waals surface area contributed by atoms with E-state index in [1.165, 1.54) is 25.3 Å². The topological polar surface area (TPSA) is 84.7 Å². The van der Waals surface area contributed by atoms with Crippen LogP contribution < -0.4 is 10.1 Å². The normalized spacial score (nSPS) is 17.8. The van der Waals surface area contributed by atoms with Gasteiger partial charge in [0.15, 0.2) is 0 Å². The van der Waals surface area contributed by atoms with Crippen LogP contribution in [0.1, 0.15) is 16.8 Å². The third kappa shape index (κ3) is 2.72. The summed E-state index contributed by atoms with van der Waals surface area (Å²) < 4.78 is 5.13. The van der Waals surface area contributed by atoms with Crippen molar-refractivity contribution in [1.29, 1.82) is 0 Å². The first kappa shape index (κ1) is 14.3. The van der Waals surface area contributed by atoms with Crippen LogP contribution in [0.15, 0.2) is 18.2 Å². The molecule has 1 aromatic rings. The number of rotatable bonds is 4. The molecule has 1 aliphatic heterocycles. The summed E-state index contributed by atoms with van der Waals surface area (Å²) in [5.74, 6) is 0.0812. The number of nitrogens with one attached hydrogen (secondary N) is 1. The number of hydrogen-bond donors (Lipinski definition) is 1. The monoisotopic (exact) mass is 279 g/mol. The summed E-state index contributed by atoms with van der Waals surface area (Å²) in [5, 5.41) is 14.0. The maximum Gasteiger partial charge on any atom is 0.270 e. The Balaban J connectivity index is 2.31. The first-order valence-electron chi connectivity index (χ1n) is 6.35. The molecule has 1 N–H and O–H groups in total. The van der Waals surface area contributed by atoms with E-state index in [9.17, 15) is 14.9 Å². The van der Waals surface area contributed by atoms with E-state index in [-0.39, 0.29) is 23.2 Å². The lowest BCUT2D eigenvalue weighted by Gasteiger charge is -2.24. The molecule has 1 amide bonds. The number of carbonyl (C=O) groups excluding carboxylic acids is 1. The number of nitrogens with zero attached hydrogens (tertiary/aromatic N) is 2. The first-order valence-corrected chi connectivity index (χ1v) is 6.35. The smallest absolute Gasteiger partial charge is 0.270 e. The molecule has 0 aliphatic carbocycles. The van der Waals surface area contributed by atoms with E-state index in [0.717, 1.165) is 19.5 Å². The third-order valence-electron chi connectivity index (χ3n) is 3.53. The van der Waals surface area contributed by atoms with Gasteiger partial charge in [-0.3, -0.25) is 14.9 Å². The lowest BCUT2D eigenvalue weighted by molar-refractivity contribution is -0.384. The molecule has 1 unspecified atom stereocenters. The van der Waals surface area contributed by atoms with Gasteiger partial charge in [0.1, 0.15) is 5.75 Å². The van der Waals surface area contributed by atoms with Gasteiger partial charge in [-0.05, 0) is 19.0 Å². The molecule has 1 aliphatic rings. The summed E-state index contributed by atoms with van der Waals surface area (Å²) in [5.41, 5.74) is 0.100. The van der Waals surface area contributed by atoms with Crippen LogP contribution in [0.25, 0.3) is 0 Å². The Kier molecular flexibility index (Phi) is 4.19. The molecule has 7 heteroatoms. The minimum atomic E-state index is -0.520. The Morgan fingerprint density at radius 3 is 2.85 bits per heavy atom. The zero-order valence-corrected chi connectivity index (χ0v) is 11.5. The molecule has 1 aromatic carbocycles. The molecule has 1 atom stereocenters. The first-order chi connectivity index (χ1) is 9.54. The number of methoxy groups -OCH3 is 1. The van der Waals surface area contributed by atoms with E-state index < -0.39 is 4.92 Å². The summed E-state index contributed by atoms with van der Waals surface area (Å²) in [6, 6.07) is 4.14. The molecule has 0 aromatic heterocycles. The zero-order valence-electron chi connectivity index (χ0n) is 11.5. The minimum Gasteiger partial charge on any atom is -0.496 e. The summed E-state index contributed by atoms with van der Waals surface area (Å²) in [6.07, 6.45) is 0.874. The van der Waals surface area contributed by atoms with Gasteiger partial charge in [-0.2, -0.15) is 0 Å². The van der Waals surface area contributed by atoms with Crippen LogP contribution in [0.5, 0.6) is 5.75 Å². The molecule has 0 bridgehead atoms. The van der Waals surface area contributed by atoms with Crippen LogP contribution in [0.2, 0.25) is 0 Å². The van der Waals surface area contributed by atoms with Crippen molar-refractivity contribution in [3.63, 3.8) is 0 Å². The molecule has 7 nitrogen and oxygen atoms in total. The van der Waals surface area contributed by atoms with Gasteiger partial charge in [0.2, 0.25) is 0 Å². The van der Waals surface area contributed by atoms with E-state index in [4.69, 9.17) is 4.74 Å². The van der Waals surface area contributed by atoms with E-state index in [2.05, 4.69) is 5.32 Å². The fourth-order valence-corrected chi connectivity index (χ4v) is 2.30. The summed E-state index contributed by atoms with van der Waals surface area (Å²) in [6.45, 7) is 1.61. The molecule has 108 valence electrons. The number of likely N-dealkylation sites (N-methyl/N-ethyl adjacent to an activating group) is 1. The number of benzene rings is 1. The molecule has 0 saturated carbocycles. The summed E-state index contributed by atoms with van der Waals surface area (Å²) in [7, 11) is 3.15. The maximum atomic E-state index is 12.5. The van der Waals surface area contributed by atoms with Gasteiger partial charge in [-0.25, -0.2) is 0 Å². The lowest BCUT2D eigenvalue weighted by Crippen LogP contribution is -2.38.